The summed E-state index contributed by atoms with van der Waals surface area (Å²) in [6.45, 7) is 7.28. The lowest BCUT2D eigenvalue weighted by molar-refractivity contribution is 0.399. The third-order valence-electron chi connectivity index (χ3n) is 4.75. The van der Waals surface area contributed by atoms with E-state index in [1.165, 1.54) is 10.3 Å². The number of rotatable bonds is 3. The molecule has 0 saturated carbocycles. The molecule has 0 amide bonds. The molecule has 0 spiro atoms. The first-order valence-electron chi connectivity index (χ1n) is 8.97. The molecular weight excluding hydrogens is 354 g/mol. The molecule has 138 valence electrons. The molecule has 0 unspecified atom stereocenters. The van der Waals surface area contributed by atoms with Crippen LogP contribution < -0.4 is 9.64 Å². The van der Waals surface area contributed by atoms with Crippen molar-refractivity contribution in [3.05, 3.63) is 53.7 Å². The standard InChI is InChI=1S/C22H23N3OS/c1-22(2,3)18-12-16(25-9-5-8-23-13-25)11-17(21(18)26-4)15-6-7-19-20(10-15)27-14-24-19/h5-12,14H,13H2,1-4H3. The average molecular weight is 378 g/mol. The molecule has 4 rings (SSSR count). The Morgan fingerprint density at radius 1 is 1.15 bits per heavy atom. The number of hydrogen-bond donors (Lipinski definition) is 0. The maximum Gasteiger partial charge on any atom is 0.130 e. The summed E-state index contributed by atoms with van der Waals surface area (Å²) in [5.41, 5.74) is 7.41. The van der Waals surface area contributed by atoms with E-state index in [4.69, 9.17) is 4.74 Å². The SMILES string of the molecule is COc1c(-c2ccc3ncsc3c2)cc(N2C=CC=NC2)cc1C(C)(C)C. The first kappa shape index (κ1) is 17.7. The van der Waals surface area contributed by atoms with Crippen LogP contribution in [0.5, 0.6) is 5.75 Å². The number of aromatic nitrogens is 1. The Balaban J connectivity index is 1.94. The van der Waals surface area contributed by atoms with Gasteiger partial charge in [-0.15, -0.1) is 11.3 Å². The highest BCUT2D eigenvalue weighted by Gasteiger charge is 2.24. The summed E-state index contributed by atoms with van der Waals surface area (Å²) in [6.07, 6.45) is 5.87. The lowest BCUT2D eigenvalue weighted by Gasteiger charge is -2.28. The number of allylic oxidation sites excluding steroid dienone is 1. The normalized spacial score (nSPS) is 14.1. The molecule has 0 atom stereocenters. The van der Waals surface area contributed by atoms with Crippen LogP contribution in [-0.2, 0) is 5.41 Å². The highest BCUT2D eigenvalue weighted by atomic mass is 32.1. The summed E-state index contributed by atoms with van der Waals surface area (Å²) in [5, 5.41) is 0. The molecule has 2 heterocycles. The Hall–Kier alpha value is -2.66. The second kappa shape index (κ2) is 6.82. The molecule has 5 heteroatoms. The Labute approximate surface area is 163 Å². The zero-order valence-electron chi connectivity index (χ0n) is 16.1. The van der Waals surface area contributed by atoms with Crippen molar-refractivity contribution in [2.75, 3.05) is 18.7 Å². The second-order valence-electron chi connectivity index (χ2n) is 7.64. The van der Waals surface area contributed by atoms with Crippen molar-refractivity contribution >= 4 is 33.5 Å². The fourth-order valence-corrected chi connectivity index (χ4v) is 4.06. The number of methoxy groups -OCH3 is 1. The Morgan fingerprint density at radius 3 is 2.70 bits per heavy atom. The molecule has 0 N–H and O–H groups in total. The van der Waals surface area contributed by atoms with Gasteiger partial charge in [0.05, 0.1) is 22.8 Å². The van der Waals surface area contributed by atoms with Crippen LogP contribution in [0, 0.1) is 0 Å². The molecule has 0 bridgehead atoms. The van der Waals surface area contributed by atoms with E-state index >= 15 is 0 Å². The van der Waals surface area contributed by atoms with E-state index in [1.54, 1.807) is 18.4 Å². The molecule has 0 saturated heterocycles. The summed E-state index contributed by atoms with van der Waals surface area (Å²) in [5.74, 6) is 0.930. The molecular formula is C22H23N3OS. The van der Waals surface area contributed by atoms with E-state index < -0.39 is 0 Å². The van der Waals surface area contributed by atoms with Crippen LogP contribution in [0.4, 0.5) is 5.69 Å². The van der Waals surface area contributed by atoms with Crippen molar-refractivity contribution in [1.82, 2.24) is 4.98 Å². The number of aliphatic imine (C=N–C) groups is 1. The van der Waals surface area contributed by atoms with Gasteiger partial charge in [0.15, 0.2) is 0 Å². The zero-order valence-corrected chi connectivity index (χ0v) is 16.9. The van der Waals surface area contributed by atoms with Gasteiger partial charge >= 0.3 is 0 Å². The van der Waals surface area contributed by atoms with Crippen LogP contribution in [0.15, 0.2) is 53.1 Å². The van der Waals surface area contributed by atoms with E-state index in [0.717, 1.165) is 28.1 Å². The number of benzene rings is 2. The van der Waals surface area contributed by atoms with E-state index in [0.29, 0.717) is 6.67 Å². The first-order valence-corrected chi connectivity index (χ1v) is 9.85. The number of ether oxygens (including phenoxy) is 1. The van der Waals surface area contributed by atoms with Crippen molar-refractivity contribution in [3.63, 3.8) is 0 Å². The highest BCUT2D eigenvalue weighted by molar-refractivity contribution is 7.16. The third kappa shape index (κ3) is 3.35. The molecule has 0 aliphatic carbocycles. The van der Waals surface area contributed by atoms with E-state index in [1.807, 2.05) is 17.8 Å². The van der Waals surface area contributed by atoms with Crippen LogP contribution in [0.2, 0.25) is 0 Å². The number of hydrogen-bond acceptors (Lipinski definition) is 5. The van der Waals surface area contributed by atoms with Crippen molar-refractivity contribution in [2.45, 2.75) is 26.2 Å². The van der Waals surface area contributed by atoms with Crippen LogP contribution in [0.25, 0.3) is 21.3 Å². The molecule has 0 radical (unpaired) electrons. The van der Waals surface area contributed by atoms with Crippen LogP contribution >= 0.6 is 11.3 Å². The Morgan fingerprint density at radius 2 is 2.00 bits per heavy atom. The van der Waals surface area contributed by atoms with Crippen molar-refractivity contribution in [1.29, 1.82) is 0 Å². The quantitative estimate of drug-likeness (QED) is 0.593. The van der Waals surface area contributed by atoms with Crippen molar-refractivity contribution < 1.29 is 4.74 Å². The largest absolute Gasteiger partial charge is 0.496 e. The van der Waals surface area contributed by atoms with Crippen LogP contribution in [-0.4, -0.2) is 25.0 Å². The summed E-state index contributed by atoms with van der Waals surface area (Å²) in [6, 6.07) is 10.8. The predicted molar refractivity (Wildman–Crippen MR) is 115 cm³/mol. The van der Waals surface area contributed by atoms with E-state index in [-0.39, 0.29) is 5.41 Å². The van der Waals surface area contributed by atoms with Gasteiger partial charge in [0, 0.05) is 29.2 Å². The van der Waals surface area contributed by atoms with Gasteiger partial charge in [-0.25, -0.2) is 4.98 Å². The molecule has 2 aromatic carbocycles. The van der Waals surface area contributed by atoms with Gasteiger partial charge < -0.3 is 9.64 Å². The van der Waals surface area contributed by atoms with Gasteiger partial charge in [-0.3, -0.25) is 4.99 Å². The van der Waals surface area contributed by atoms with Crippen LogP contribution in [0.3, 0.4) is 0 Å². The maximum absolute atomic E-state index is 5.91. The summed E-state index contributed by atoms with van der Waals surface area (Å²) in [4.78, 5) is 10.9. The Bertz CT molecular complexity index is 1040. The molecule has 4 nitrogen and oxygen atoms in total. The fraction of sp³-hybridized carbons (Fsp3) is 0.273. The van der Waals surface area contributed by atoms with Crippen molar-refractivity contribution in [2.24, 2.45) is 4.99 Å². The smallest absolute Gasteiger partial charge is 0.130 e. The van der Waals surface area contributed by atoms with Gasteiger partial charge in [0.2, 0.25) is 0 Å². The zero-order chi connectivity index (χ0) is 19.0. The van der Waals surface area contributed by atoms with Crippen molar-refractivity contribution in [3.8, 4) is 16.9 Å². The fourth-order valence-electron chi connectivity index (χ4n) is 3.35. The summed E-state index contributed by atoms with van der Waals surface area (Å²) < 4.78 is 7.10. The molecule has 3 aromatic rings. The lowest BCUT2D eigenvalue weighted by Crippen LogP contribution is -2.20. The molecule has 27 heavy (non-hydrogen) atoms. The van der Waals surface area contributed by atoms with Gasteiger partial charge in [0.25, 0.3) is 0 Å². The van der Waals surface area contributed by atoms with Gasteiger partial charge in [-0.2, -0.15) is 0 Å². The van der Waals surface area contributed by atoms with E-state index in [2.05, 4.69) is 72.2 Å². The van der Waals surface area contributed by atoms with Gasteiger partial charge in [0.1, 0.15) is 12.4 Å². The highest BCUT2D eigenvalue weighted by Crippen LogP contribution is 2.43. The first-order chi connectivity index (χ1) is 13.0. The second-order valence-corrected chi connectivity index (χ2v) is 8.53. The molecule has 1 aliphatic heterocycles. The molecule has 0 fully saturated rings. The minimum absolute atomic E-state index is 0.0482. The number of anilines is 1. The topological polar surface area (TPSA) is 37.7 Å². The summed E-state index contributed by atoms with van der Waals surface area (Å²) >= 11 is 1.66. The van der Waals surface area contributed by atoms with E-state index in [9.17, 15) is 0 Å². The number of nitrogens with zero attached hydrogens (tertiary/aromatic N) is 3. The minimum atomic E-state index is -0.0482. The lowest BCUT2D eigenvalue weighted by atomic mass is 9.83. The maximum atomic E-state index is 5.91. The number of fused-ring (bicyclic) bond motifs is 1. The molecule has 1 aromatic heterocycles. The monoisotopic (exact) mass is 377 g/mol. The third-order valence-corrected chi connectivity index (χ3v) is 5.54. The van der Waals surface area contributed by atoms with Gasteiger partial charge in [-0.1, -0.05) is 26.8 Å². The summed E-state index contributed by atoms with van der Waals surface area (Å²) in [7, 11) is 1.75. The van der Waals surface area contributed by atoms with Crippen LogP contribution in [0.1, 0.15) is 26.3 Å². The Kier molecular flexibility index (Phi) is 4.48. The predicted octanol–water partition coefficient (Wildman–Crippen LogP) is 5.63. The number of thiazole rings is 1. The molecule has 1 aliphatic rings. The van der Waals surface area contributed by atoms with Gasteiger partial charge in [-0.05, 0) is 41.3 Å². The average Bonchev–Trinajstić information content (AvgIpc) is 3.14. The minimum Gasteiger partial charge on any atom is -0.496 e.